The minimum absolute atomic E-state index is 0.482. The van der Waals surface area contributed by atoms with Crippen LogP contribution in [-0.4, -0.2) is 16.8 Å². The van der Waals surface area contributed by atoms with Crippen LogP contribution in [-0.2, 0) is 0 Å². The summed E-state index contributed by atoms with van der Waals surface area (Å²) in [6, 6.07) is 18.6. The van der Waals surface area contributed by atoms with Crippen LogP contribution < -0.4 is 5.32 Å². The van der Waals surface area contributed by atoms with Gasteiger partial charge in [-0.1, -0.05) is 49.0 Å². The quantitative estimate of drug-likeness (QED) is 0.679. The van der Waals surface area contributed by atoms with Gasteiger partial charge in [0.25, 0.3) is 0 Å². The van der Waals surface area contributed by atoms with Gasteiger partial charge in [0.1, 0.15) is 0 Å². The first kappa shape index (κ1) is 13.5. The van der Waals surface area contributed by atoms with E-state index in [1.807, 2.05) is 36.0 Å². The summed E-state index contributed by atoms with van der Waals surface area (Å²) >= 11 is 3.60. The number of hydrogen-bond acceptors (Lipinski definition) is 4. The Morgan fingerprint density at radius 2 is 1.85 bits per heavy atom. The summed E-state index contributed by atoms with van der Waals surface area (Å²) in [6.07, 6.45) is 0. The van der Waals surface area contributed by atoms with Crippen LogP contribution in [0.1, 0.15) is 6.92 Å². The largest absolute Gasteiger partial charge is 0.384 e. The van der Waals surface area contributed by atoms with Gasteiger partial charge in [-0.05, 0) is 24.3 Å². The Balaban J connectivity index is 1.59. The zero-order valence-corrected chi connectivity index (χ0v) is 12.9. The van der Waals surface area contributed by atoms with Crippen LogP contribution in [0.15, 0.2) is 58.9 Å². The van der Waals surface area contributed by atoms with Crippen LogP contribution >= 0.6 is 23.1 Å². The highest BCUT2D eigenvalue weighted by molar-refractivity contribution is 8.01. The maximum atomic E-state index is 4.66. The summed E-state index contributed by atoms with van der Waals surface area (Å²) < 4.78 is 2.41. The lowest BCUT2D eigenvalue weighted by molar-refractivity contribution is 0.997. The molecular weight excluding hydrogens is 284 g/mol. The highest BCUT2D eigenvalue weighted by Crippen LogP contribution is 2.31. The van der Waals surface area contributed by atoms with Gasteiger partial charge >= 0.3 is 0 Å². The van der Waals surface area contributed by atoms with Gasteiger partial charge in [0, 0.05) is 17.5 Å². The van der Waals surface area contributed by atoms with Crippen molar-refractivity contribution in [3.05, 3.63) is 54.6 Å². The molecule has 1 aromatic heterocycles. The molecule has 0 aliphatic heterocycles. The lowest BCUT2D eigenvalue weighted by Crippen LogP contribution is -2.12. The number of aromatic nitrogens is 1. The van der Waals surface area contributed by atoms with Crippen molar-refractivity contribution in [2.24, 2.45) is 0 Å². The van der Waals surface area contributed by atoms with Crippen molar-refractivity contribution in [3.8, 4) is 0 Å². The van der Waals surface area contributed by atoms with Gasteiger partial charge in [-0.25, -0.2) is 4.98 Å². The fraction of sp³-hybridized carbons (Fsp3) is 0.188. The molecule has 102 valence electrons. The summed E-state index contributed by atoms with van der Waals surface area (Å²) in [6.45, 7) is 3.16. The fourth-order valence-corrected chi connectivity index (χ4v) is 4.25. The molecular formula is C16H16N2S2. The van der Waals surface area contributed by atoms with Gasteiger partial charge < -0.3 is 5.32 Å². The van der Waals surface area contributed by atoms with Gasteiger partial charge in [-0.15, -0.1) is 11.3 Å². The molecule has 1 N–H and O–H groups in total. The van der Waals surface area contributed by atoms with E-state index in [9.17, 15) is 0 Å². The van der Waals surface area contributed by atoms with Crippen molar-refractivity contribution < 1.29 is 0 Å². The molecule has 20 heavy (non-hydrogen) atoms. The minimum Gasteiger partial charge on any atom is -0.384 e. The van der Waals surface area contributed by atoms with Crippen LogP contribution in [0.4, 0.5) is 5.69 Å². The van der Waals surface area contributed by atoms with Crippen LogP contribution in [0.3, 0.4) is 0 Å². The molecule has 0 fully saturated rings. The van der Waals surface area contributed by atoms with Crippen molar-refractivity contribution in [2.45, 2.75) is 16.5 Å². The molecule has 0 amide bonds. The number of thioether (sulfide) groups is 1. The molecule has 3 aromatic rings. The number of rotatable bonds is 5. The van der Waals surface area contributed by atoms with Gasteiger partial charge in [0.05, 0.1) is 10.2 Å². The number of benzene rings is 2. The number of nitrogens with one attached hydrogen (secondary N) is 1. The molecule has 1 atom stereocenters. The Morgan fingerprint density at radius 3 is 2.65 bits per heavy atom. The monoisotopic (exact) mass is 300 g/mol. The van der Waals surface area contributed by atoms with Gasteiger partial charge in [-0.3, -0.25) is 0 Å². The molecule has 2 nitrogen and oxygen atoms in total. The highest BCUT2D eigenvalue weighted by atomic mass is 32.2. The zero-order chi connectivity index (χ0) is 13.8. The second kappa shape index (κ2) is 6.29. The molecule has 0 saturated heterocycles. The fourth-order valence-electron chi connectivity index (χ4n) is 1.93. The van der Waals surface area contributed by atoms with E-state index < -0.39 is 0 Å². The summed E-state index contributed by atoms with van der Waals surface area (Å²) in [5.41, 5.74) is 2.27. The predicted molar refractivity (Wildman–Crippen MR) is 89.9 cm³/mol. The number of hydrogen-bond donors (Lipinski definition) is 1. The standard InChI is InChI=1S/C16H16N2S2/c1-12(11-17-13-7-3-2-4-8-13)19-16-18-14-9-5-6-10-15(14)20-16/h2-10,12,17H,11H2,1H3. The number of para-hydroxylation sites is 2. The first-order chi connectivity index (χ1) is 9.81. The third kappa shape index (κ3) is 3.32. The van der Waals surface area contributed by atoms with Crippen molar-refractivity contribution >= 4 is 39.0 Å². The molecule has 4 heteroatoms. The molecule has 2 aromatic carbocycles. The Kier molecular flexibility index (Phi) is 4.23. The van der Waals surface area contributed by atoms with Crippen molar-refractivity contribution in [3.63, 3.8) is 0 Å². The van der Waals surface area contributed by atoms with E-state index in [2.05, 4.69) is 47.6 Å². The average Bonchev–Trinajstić information content (AvgIpc) is 2.88. The Morgan fingerprint density at radius 1 is 1.10 bits per heavy atom. The topological polar surface area (TPSA) is 24.9 Å². The van der Waals surface area contributed by atoms with Crippen LogP contribution in [0.2, 0.25) is 0 Å². The Hall–Kier alpha value is -1.52. The van der Waals surface area contributed by atoms with Gasteiger partial charge in [0.15, 0.2) is 4.34 Å². The summed E-state index contributed by atoms with van der Waals surface area (Å²) in [7, 11) is 0. The first-order valence-electron chi connectivity index (χ1n) is 6.62. The number of fused-ring (bicyclic) bond motifs is 1. The van der Waals surface area contributed by atoms with E-state index >= 15 is 0 Å². The second-order valence-corrected chi connectivity index (χ2v) is 7.34. The smallest absolute Gasteiger partial charge is 0.151 e. The zero-order valence-electron chi connectivity index (χ0n) is 11.2. The van der Waals surface area contributed by atoms with Crippen LogP contribution in [0.5, 0.6) is 0 Å². The number of anilines is 1. The van der Waals surface area contributed by atoms with E-state index in [1.165, 1.54) is 10.4 Å². The van der Waals surface area contributed by atoms with Crippen molar-refractivity contribution in [1.82, 2.24) is 4.98 Å². The van der Waals surface area contributed by atoms with E-state index in [1.54, 1.807) is 11.3 Å². The van der Waals surface area contributed by atoms with Crippen LogP contribution in [0.25, 0.3) is 10.2 Å². The van der Waals surface area contributed by atoms with E-state index in [4.69, 9.17) is 0 Å². The van der Waals surface area contributed by atoms with E-state index in [-0.39, 0.29) is 0 Å². The second-order valence-electron chi connectivity index (χ2n) is 4.62. The molecule has 1 unspecified atom stereocenters. The predicted octanol–water partition coefficient (Wildman–Crippen LogP) is 4.89. The lowest BCUT2D eigenvalue weighted by Gasteiger charge is -2.11. The molecule has 0 radical (unpaired) electrons. The van der Waals surface area contributed by atoms with Crippen molar-refractivity contribution in [1.29, 1.82) is 0 Å². The number of nitrogens with zero attached hydrogens (tertiary/aromatic N) is 1. The van der Waals surface area contributed by atoms with Crippen molar-refractivity contribution in [2.75, 3.05) is 11.9 Å². The Labute approximate surface area is 127 Å². The third-order valence-electron chi connectivity index (χ3n) is 2.94. The molecule has 0 bridgehead atoms. The SMILES string of the molecule is CC(CNc1ccccc1)Sc1nc2ccccc2s1. The summed E-state index contributed by atoms with van der Waals surface area (Å²) in [5.74, 6) is 0. The molecule has 3 rings (SSSR count). The maximum Gasteiger partial charge on any atom is 0.151 e. The summed E-state index contributed by atoms with van der Waals surface area (Å²) in [4.78, 5) is 4.66. The lowest BCUT2D eigenvalue weighted by atomic mass is 10.3. The Bertz CT molecular complexity index is 646. The molecule has 1 heterocycles. The molecule has 0 aliphatic carbocycles. The summed E-state index contributed by atoms with van der Waals surface area (Å²) in [5, 5.41) is 3.94. The molecule has 0 saturated carbocycles. The van der Waals surface area contributed by atoms with Gasteiger partial charge in [0.2, 0.25) is 0 Å². The van der Waals surface area contributed by atoms with Gasteiger partial charge in [-0.2, -0.15) is 0 Å². The normalized spacial score (nSPS) is 12.4. The minimum atomic E-state index is 0.482. The molecule has 0 spiro atoms. The number of thiazole rings is 1. The average molecular weight is 300 g/mol. The van der Waals surface area contributed by atoms with E-state index in [0.717, 1.165) is 16.4 Å². The maximum absolute atomic E-state index is 4.66. The van der Waals surface area contributed by atoms with Crippen LogP contribution in [0, 0.1) is 0 Å². The first-order valence-corrected chi connectivity index (χ1v) is 8.32. The highest BCUT2D eigenvalue weighted by Gasteiger charge is 2.09. The molecule has 0 aliphatic rings. The third-order valence-corrected chi connectivity index (χ3v) is 5.18. The van der Waals surface area contributed by atoms with E-state index in [0.29, 0.717) is 5.25 Å².